The van der Waals surface area contributed by atoms with E-state index >= 15 is 0 Å². The van der Waals surface area contributed by atoms with Crippen LogP contribution in [0.1, 0.15) is 90.9 Å². The Morgan fingerprint density at radius 2 is 1.49 bits per heavy atom. The first-order chi connectivity index (χ1) is 16.8. The molecule has 0 unspecified atom stereocenters. The van der Waals surface area contributed by atoms with Crippen LogP contribution in [0.5, 0.6) is 0 Å². The molecule has 0 saturated carbocycles. The van der Waals surface area contributed by atoms with Crippen molar-refractivity contribution in [2.75, 3.05) is 19.8 Å². The van der Waals surface area contributed by atoms with E-state index in [0.717, 1.165) is 19.3 Å². The molecule has 10 heteroatoms. The molecule has 1 aliphatic rings. The van der Waals surface area contributed by atoms with Gasteiger partial charge in [0.25, 0.3) is 0 Å². The highest BCUT2D eigenvalue weighted by Crippen LogP contribution is 2.22. The highest BCUT2D eigenvalue weighted by Gasteiger charge is 2.45. The maximum atomic E-state index is 12.3. The number of aliphatic hydroxyl groups is 3. The Morgan fingerprint density at radius 1 is 0.943 bits per heavy atom. The molecule has 10 nitrogen and oxygen atoms in total. The Bertz CT molecular complexity index is 581. The number of carbonyl (C=O) groups is 2. The summed E-state index contributed by atoms with van der Waals surface area (Å²) >= 11 is 0. The molecule has 0 aromatic carbocycles. The second-order valence-corrected chi connectivity index (χ2v) is 9.55. The number of carbonyl (C=O) groups excluding carboxylic acids is 2. The predicted octanol–water partition coefficient (Wildman–Crippen LogP) is 1.09. The highest BCUT2D eigenvalue weighted by atomic mass is 16.7. The third kappa shape index (κ3) is 13.0. The lowest BCUT2D eigenvalue weighted by atomic mass is 9.97. The Kier molecular flexibility index (Phi) is 17.1. The van der Waals surface area contributed by atoms with Gasteiger partial charge in [0, 0.05) is 13.5 Å². The first-order valence-corrected chi connectivity index (χ1v) is 13.4. The summed E-state index contributed by atoms with van der Waals surface area (Å²) in [7, 11) is 0. The molecule has 0 aromatic rings. The molecule has 206 valence electrons. The van der Waals surface area contributed by atoms with Gasteiger partial charge in [0.15, 0.2) is 6.29 Å². The number of unbranched alkanes of at least 4 members (excludes halogenated alkanes) is 11. The van der Waals surface area contributed by atoms with Gasteiger partial charge >= 0.3 is 0 Å². The number of aliphatic hydroxyl groups excluding tert-OH is 3. The predicted molar refractivity (Wildman–Crippen MR) is 133 cm³/mol. The van der Waals surface area contributed by atoms with Crippen molar-refractivity contribution >= 4 is 11.8 Å². The molecular formula is C25H49N3O7. The van der Waals surface area contributed by atoms with E-state index in [9.17, 15) is 24.9 Å². The van der Waals surface area contributed by atoms with Crippen LogP contribution in [0, 0.1) is 0 Å². The number of hydrogen-bond acceptors (Lipinski definition) is 8. The second kappa shape index (κ2) is 18.9. The molecular weight excluding hydrogens is 454 g/mol. The fourth-order valence-electron chi connectivity index (χ4n) is 4.20. The van der Waals surface area contributed by atoms with E-state index < -0.39 is 49.2 Å². The molecule has 0 aliphatic carbocycles. The molecule has 1 saturated heterocycles. The van der Waals surface area contributed by atoms with Gasteiger partial charge < -0.3 is 41.2 Å². The van der Waals surface area contributed by atoms with Crippen LogP contribution in [0.4, 0.5) is 0 Å². The van der Waals surface area contributed by atoms with Gasteiger partial charge in [-0.15, -0.1) is 0 Å². The van der Waals surface area contributed by atoms with E-state index in [4.69, 9.17) is 15.2 Å². The molecule has 0 spiro atoms. The highest BCUT2D eigenvalue weighted by molar-refractivity contribution is 5.81. The number of nitrogens with one attached hydrogen (secondary N) is 2. The Hall–Kier alpha value is -1.30. The summed E-state index contributed by atoms with van der Waals surface area (Å²) in [5, 5.41) is 34.9. The van der Waals surface area contributed by atoms with Crippen molar-refractivity contribution in [3.63, 3.8) is 0 Å². The molecule has 7 N–H and O–H groups in total. The van der Waals surface area contributed by atoms with Crippen LogP contribution in [-0.4, -0.2) is 83.6 Å². The number of rotatable bonds is 19. The van der Waals surface area contributed by atoms with Crippen molar-refractivity contribution in [1.29, 1.82) is 0 Å². The van der Waals surface area contributed by atoms with Crippen LogP contribution in [0.15, 0.2) is 0 Å². The quantitative estimate of drug-likeness (QED) is 0.143. The van der Waals surface area contributed by atoms with Crippen LogP contribution in [0.3, 0.4) is 0 Å². The van der Waals surface area contributed by atoms with Crippen molar-refractivity contribution in [3.8, 4) is 0 Å². The van der Waals surface area contributed by atoms with Gasteiger partial charge in [-0.05, 0) is 6.42 Å². The van der Waals surface area contributed by atoms with Gasteiger partial charge in [-0.3, -0.25) is 9.59 Å². The zero-order valence-electron chi connectivity index (χ0n) is 21.6. The number of nitrogens with two attached hydrogens (primary N) is 1. The van der Waals surface area contributed by atoms with Crippen LogP contribution in [-0.2, 0) is 19.1 Å². The van der Waals surface area contributed by atoms with Crippen LogP contribution < -0.4 is 16.4 Å². The lowest BCUT2D eigenvalue weighted by Gasteiger charge is -2.42. The number of hydrogen-bond donors (Lipinski definition) is 6. The minimum Gasteiger partial charge on any atom is -0.394 e. The van der Waals surface area contributed by atoms with E-state index in [1.807, 2.05) is 0 Å². The van der Waals surface area contributed by atoms with Crippen molar-refractivity contribution in [2.24, 2.45) is 5.73 Å². The summed E-state index contributed by atoms with van der Waals surface area (Å²) in [6, 6.07) is -2.04. The molecule has 0 bridgehead atoms. The zero-order valence-corrected chi connectivity index (χ0v) is 21.6. The van der Waals surface area contributed by atoms with Crippen LogP contribution >= 0.6 is 0 Å². The SMILES string of the molecule is CCCCCCCCCCCCCCNC(=O)[C@@H](N)CO[C@@H]1O[C@H](CO)[C@@H](O)[C@H](O)[C@H]1NC(C)=O. The summed E-state index contributed by atoms with van der Waals surface area (Å²) < 4.78 is 11.0. The fraction of sp³-hybridized carbons (Fsp3) is 0.920. The summed E-state index contributed by atoms with van der Waals surface area (Å²) in [5.41, 5.74) is 5.92. The van der Waals surface area contributed by atoms with Gasteiger partial charge in [0.05, 0.1) is 13.2 Å². The van der Waals surface area contributed by atoms with Gasteiger partial charge in [-0.1, -0.05) is 77.6 Å². The van der Waals surface area contributed by atoms with E-state index in [1.165, 1.54) is 64.7 Å². The standard InChI is InChI=1S/C25H49N3O7/c1-3-4-5-6-7-8-9-10-11-12-13-14-15-27-24(33)19(26)17-34-25-21(28-18(2)30)23(32)22(31)20(16-29)35-25/h19-23,25,29,31-32H,3-17,26H2,1-2H3,(H,27,33)(H,28,30)/t19-,20+,21+,22+,23+,25+/m0/s1. The van der Waals surface area contributed by atoms with E-state index in [-0.39, 0.29) is 12.5 Å². The van der Waals surface area contributed by atoms with Crippen molar-refractivity contribution in [3.05, 3.63) is 0 Å². The van der Waals surface area contributed by atoms with Crippen LogP contribution in [0.25, 0.3) is 0 Å². The molecule has 1 aliphatic heterocycles. The molecule has 35 heavy (non-hydrogen) atoms. The second-order valence-electron chi connectivity index (χ2n) is 9.55. The average molecular weight is 504 g/mol. The Balaban J connectivity index is 2.19. The molecule has 2 amide bonds. The van der Waals surface area contributed by atoms with Crippen LogP contribution in [0.2, 0.25) is 0 Å². The summed E-state index contributed by atoms with van der Waals surface area (Å²) in [6.45, 7) is 3.27. The van der Waals surface area contributed by atoms with Crippen molar-refractivity contribution in [2.45, 2.75) is 128 Å². The largest absolute Gasteiger partial charge is 0.394 e. The van der Waals surface area contributed by atoms with Gasteiger partial charge in [0.1, 0.15) is 30.4 Å². The Labute approximate surface area is 210 Å². The average Bonchev–Trinajstić information content (AvgIpc) is 2.83. The van der Waals surface area contributed by atoms with Gasteiger partial charge in [-0.2, -0.15) is 0 Å². The molecule has 0 radical (unpaired) electrons. The lowest BCUT2D eigenvalue weighted by molar-refractivity contribution is -0.270. The summed E-state index contributed by atoms with van der Waals surface area (Å²) in [6.07, 6.45) is 9.87. The topological polar surface area (TPSA) is 163 Å². The molecule has 1 heterocycles. The Morgan fingerprint density at radius 3 is 2.00 bits per heavy atom. The molecule has 6 atom stereocenters. The molecule has 1 rings (SSSR count). The van der Waals surface area contributed by atoms with Crippen molar-refractivity contribution in [1.82, 2.24) is 10.6 Å². The van der Waals surface area contributed by atoms with E-state index in [2.05, 4.69) is 17.6 Å². The van der Waals surface area contributed by atoms with E-state index in [1.54, 1.807) is 0 Å². The third-order valence-electron chi connectivity index (χ3n) is 6.36. The lowest BCUT2D eigenvalue weighted by Crippen LogP contribution is -2.65. The van der Waals surface area contributed by atoms with Gasteiger partial charge in [-0.25, -0.2) is 0 Å². The smallest absolute Gasteiger partial charge is 0.239 e. The minimum absolute atomic E-state index is 0.216. The third-order valence-corrected chi connectivity index (χ3v) is 6.36. The zero-order chi connectivity index (χ0) is 26.1. The summed E-state index contributed by atoms with van der Waals surface area (Å²) in [5.74, 6) is -0.815. The molecule has 0 aromatic heterocycles. The monoisotopic (exact) mass is 503 g/mol. The first-order valence-electron chi connectivity index (χ1n) is 13.4. The van der Waals surface area contributed by atoms with Crippen molar-refractivity contribution < 1.29 is 34.4 Å². The maximum absolute atomic E-state index is 12.3. The maximum Gasteiger partial charge on any atom is 0.239 e. The minimum atomic E-state index is -1.41. The molecule has 1 fully saturated rings. The first kappa shape index (κ1) is 31.7. The van der Waals surface area contributed by atoms with E-state index in [0.29, 0.717) is 6.54 Å². The normalized spacial score (nSPS) is 25.3. The van der Waals surface area contributed by atoms with Gasteiger partial charge in [0.2, 0.25) is 11.8 Å². The number of amides is 2. The fourth-order valence-corrected chi connectivity index (χ4v) is 4.20. The summed E-state index contributed by atoms with van der Waals surface area (Å²) in [4.78, 5) is 23.7. The number of ether oxygens (including phenoxy) is 2.